The molecule has 0 radical (unpaired) electrons. The molecule has 0 bridgehead atoms. The molecule has 0 unspecified atom stereocenters. The number of halogens is 1. The first kappa shape index (κ1) is 27.5. The second-order valence-corrected chi connectivity index (χ2v) is 9.67. The molecule has 0 aromatic heterocycles. The number of ketones is 1. The highest BCUT2D eigenvalue weighted by Crippen LogP contribution is 2.19. The van der Waals surface area contributed by atoms with Crippen LogP contribution in [0.4, 0.5) is 5.69 Å². The van der Waals surface area contributed by atoms with Crippen molar-refractivity contribution in [2.45, 2.75) is 32.4 Å². The van der Waals surface area contributed by atoms with Crippen molar-refractivity contribution in [2.75, 3.05) is 5.32 Å². The summed E-state index contributed by atoms with van der Waals surface area (Å²) in [4.78, 5) is 51.0. The summed E-state index contributed by atoms with van der Waals surface area (Å²) in [5.41, 5.74) is 2.26. The van der Waals surface area contributed by atoms with E-state index in [0.717, 1.165) is 16.3 Å². The van der Waals surface area contributed by atoms with E-state index in [1.54, 1.807) is 67.6 Å². The van der Waals surface area contributed by atoms with E-state index in [4.69, 9.17) is 11.6 Å². The van der Waals surface area contributed by atoms with Gasteiger partial charge in [-0.2, -0.15) is 0 Å². The van der Waals surface area contributed by atoms with Gasteiger partial charge in [0.05, 0.1) is 0 Å². The predicted molar refractivity (Wildman–Crippen MR) is 153 cm³/mol. The van der Waals surface area contributed by atoms with Gasteiger partial charge in [0.15, 0.2) is 5.78 Å². The molecule has 0 saturated heterocycles. The Morgan fingerprint density at radius 1 is 0.769 bits per heavy atom. The van der Waals surface area contributed by atoms with Crippen LogP contribution >= 0.6 is 11.6 Å². The van der Waals surface area contributed by atoms with Gasteiger partial charge in [0.1, 0.15) is 12.1 Å². The number of hydrogen-bond donors (Lipinski definition) is 3. The van der Waals surface area contributed by atoms with Crippen molar-refractivity contribution >= 4 is 51.6 Å². The van der Waals surface area contributed by atoms with Gasteiger partial charge in [-0.25, -0.2) is 0 Å². The number of Topliss-reactive ketones (excluding diaryl/α,β-unsaturated/α-hetero) is 1. The minimum Gasteiger partial charge on any atom is -0.343 e. The average molecular weight is 542 g/mol. The van der Waals surface area contributed by atoms with Gasteiger partial charge in [-0.05, 0) is 72.6 Å². The van der Waals surface area contributed by atoms with E-state index >= 15 is 0 Å². The molecule has 39 heavy (non-hydrogen) atoms. The number of fused-ring (bicyclic) bond motifs is 1. The fraction of sp³-hybridized carbons (Fsp3) is 0.161. The number of rotatable bonds is 9. The molecule has 4 aromatic carbocycles. The Hall–Kier alpha value is -4.49. The first-order chi connectivity index (χ1) is 18.7. The minimum atomic E-state index is -0.956. The second kappa shape index (κ2) is 12.4. The summed E-state index contributed by atoms with van der Waals surface area (Å²) in [5, 5.41) is 10.5. The highest BCUT2D eigenvalue weighted by molar-refractivity contribution is 6.30. The van der Waals surface area contributed by atoms with Crippen molar-refractivity contribution in [1.29, 1.82) is 0 Å². The third kappa shape index (κ3) is 7.09. The summed E-state index contributed by atoms with van der Waals surface area (Å²) in [6.07, 6.45) is 0.195. The van der Waals surface area contributed by atoms with Gasteiger partial charge in [-0.1, -0.05) is 60.1 Å². The lowest BCUT2D eigenvalue weighted by atomic mass is 10.0. The Bertz CT molecular complexity index is 1510. The number of nitrogens with one attached hydrogen (secondary N) is 3. The zero-order valence-electron chi connectivity index (χ0n) is 21.5. The van der Waals surface area contributed by atoms with Crippen LogP contribution in [-0.4, -0.2) is 35.6 Å². The van der Waals surface area contributed by atoms with Crippen molar-refractivity contribution in [3.63, 3.8) is 0 Å². The van der Waals surface area contributed by atoms with Gasteiger partial charge >= 0.3 is 0 Å². The molecular weight excluding hydrogens is 514 g/mol. The molecule has 7 nitrogen and oxygen atoms in total. The molecule has 0 heterocycles. The summed E-state index contributed by atoms with van der Waals surface area (Å²) in [6, 6.07) is 24.6. The molecule has 0 saturated carbocycles. The highest BCUT2D eigenvalue weighted by Gasteiger charge is 2.26. The number of carbonyl (C=O) groups is 4. The van der Waals surface area contributed by atoms with E-state index in [2.05, 4.69) is 16.0 Å². The van der Waals surface area contributed by atoms with E-state index in [9.17, 15) is 19.2 Å². The molecule has 198 valence electrons. The number of anilines is 1. The lowest BCUT2D eigenvalue weighted by molar-refractivity contribution is -0.127. The van der Waals surface area contributed by atoms with Crippen LogP contribution in [0.15, 0.2) is 91.0 Å². The summed E-state index contributed by atoms with van der Waals surface area (Å²) in [7, 11) is 0. The van der Waals surface area contributed by atoms with Gasteiger partial charge < -0.3 is 16.0 Å². The first-order valence-corrected chi connectivity index (χ1v) is 12.8. The summed E-state index contributed by atoms with van der Waals surface area (Å²) >= 11 is 6.01. The van der Waals surface area contributed by atoms with Crippen LogP contribution in [0.1, 0.15) is 40.1 Å². The second-order valence-electron chi connectivity index (χ2n) is 9.24. The maximum absolute atomic E-state index is 13.4. The molecule has 8 heteroatoms. The zero-order chi connectivity index (χ0) is 27.9. The maximum atomic E-state index is 13.4. The zero-order valence-corrected chi connectivity index (χ0v) is 22.3. The molecule has 0 fully saturated rings. The average Bonchev–Trinajstić information content (AvgIpc) is 2.93. The Labute approximate surface area is 231 Å². The molecule has 2 atom stereocenters. The standard InChI is InChI=1S/C31H28ClN3O4/c1-19(29(37)34-25-16-12-22(13-17-25)20(2)36)33-31(39)28(18-21-10-14-24(32)15-11-21)35-30(38)27-9-5-7-23-6-3-4-8-26(23)27/h3-17,19,28H,18H2,1-2H3,(H,33,39)(H,34,37)(H,35,38)/t19-,28-/m0/s1. The van der Waals surface area contributed by atoms with Crippen LogP contribution < -0.4 is 16.0 Å². The molecule has 0 aliphatic heterocycles. The summed E-state index contributed by atoms with van der Waals surface area (Å²) in [5.74, 6) is -1.42. The fourth-order valence-corrected chi connectivity index (χ4v) is 4.27. The normalized spacial score (nSPS) is 12.3. The van der Waals surface area contributed by atoms with Gasteiger partial charge in [-0.3, -0.25) is 19.2 Å². The number of carbonyl (C=O) groups excluding carboxylic acids is 4. The molecular formula is C31H28ClN3O4. The quantitative estimate of drug-likeness (QED) is 0.254. The van der Waals surface area contributed by atoms with Gasteiger partial charge in [0.25, 0.3) is 5.91 Å². The molecule has 4 aromatic rings. The van der Waals surface area contributed by atoms with Crippen molar-refractivity contribution < 1.29 is 19.2 Å². The molecule has 0 aliphatic carbocycles. The van der Waals surface area contributed by atoms with Crippen molar-refractivity contribution in [1.82, 2.24) is 10.6 Å². The highest BCUT2D eigenvalue weighted by atomic mass is 35.5. The molecule has 0 aliphatic rings. The molecule has 3 amide bonds. The minimum absolute atomic E-state index is 0.0780. The van der Waals surface area contributed by atoms with Gasteiger partial charge in [-0.15, -0.1) is 0 Å². The number of amides is 3. The smallest absolute Gasteiger partial charge is 0.252 e. The van der Waals surface area contributed by atoms with Crippen LogP contribution in [0.5, 0.6) is 0 Å². The van der Waals surface area contributed by atoms with Crippen LogP contribution in [0, 0.1) is 0 Å². The molecule has 0 spiro atoms. The maximum Gasteiger partial charge on any atom is 0.252 e. The van der Waals surface area contributed by atoms with Crippen LogP contribution in [-0.2, 0) is 16.0 Å². The van der Waals surface area contributed by atoms with Crippen molar-refractivity contribution in [2.24, 2.45) is 0 Å². The fourth-order valence-electron chi connectivity index (χ4n) is 4.14. The Kier molecular flexibility index (Phi) is 8.74. The van der Waals surface area contributed by atoms with E-state index < -0.39 is 29.8 Å². The summed E-state index contributed by atoms with van der Waals surface area (Å²) < 4.78 is 0. The number of benzene rings is 4. The van der Waals surface area contributed by atoms with Crippen LogP contribution in [0.2, 0.25) is 5.02 Å². The van der Waals surface area contributed by atoms with Gasteiger partial charge in [0.2, 0.25) is 11.8 Å². The molecule has 4 rings (SSSR count). The predicted octanol–water partition coefficient (Wildman–Crippen LogP) is 5.18. The number of hydrogen-bond acceptors (Lipinski definition) is 4. The SMILES string of the molecule is CC(=O)c1ccc(NC(=O)[C@H](C)NC(=O)[C@H](Cc2ccc(Cl)cc2)NC(=O)c2cccc3ccccc23)cc1. The van der Waals surface area contributed by atoms with E-state index in [-0.39, 0.29) is 12.2 Å². The third-order valence-corrected chi connectivity index (χ3v) is 6.57. The van der Waals surface area contributed by atoms with Crippen LogP contribution in [0.25, 0.3) is 10.8 Å². The third-order valence-electron chi connectivity index (χ3n) is 6.32. The molecule has 3 N–H and O–H groups in total. The van der Waals surface area contributed by atoms with Gasteiger partial charge in [0, 0.05) is 28.3 Å². The lowest BCUT2D eigenvalue weighted by Crippen LogP contribution is -2.52. The van der Waals surface area contributed by atoms with E-state index in [1.807, 2.05) is 30.3 Å². The largest absolute Gasteiger partial charge is 0.343 e. The first-order valence-electron chi connectivity index (χ1n) is 12.5. The Morgan fingerprint density at radius 2 is 1.44 bits per heavy atom. The topological polar surface area (TPSA) is 104 Å². The van der Waals surface area contributed by atoms with Crippen molar-refractivity contribution in [3.05, 3.63) is 113 Å². The Balaban J connectivity index is 1.50. The monoisotopic (exact) mass is 541 g/mol. The van der Waals surface area contributed by atoms with E-state index in [0.29, 0.717) is 21.8 Å². The lowest BCUT2D eigenvalue weighted by Gasteiger charge is -2.22. The Morgan fingerprint density at radius 3 is 2.13 bits per heavy atom. The van der Waals surface area contributed by atoms with Crippen LogP contribution in [0.3, 0.4) is 0 Å². The summed E-state index contributed by atoms with van der Waals surface area (Å²) in [6.45, 7) is 3.02. The van der Waals surface area contributed by atoms with Crippen molar-refractivity contribution in [3.8, 4) is 0 Å². The van der Waals surface area contributed by atoms with E-state index in [1.165, 1.54) is 6.92 Å².